The monoisotopic (exact) mass is 236 g/mol. The zero-order valence-corrected chi connectivity index (χ0v) is 11.2. The van der Waals surface area contributed by atoms with Gasteiger partial charge in [-0.1, -0.05) is 24.3 Å². The molecule has 0 bridgehead atoms. The summed E-state index contributed by atoms with van der Waals surface area (Å²) in [7, 11) is 4.09. The lowest BCUT2D eigenvalue weighted by atomic mass is 10.1. The predicted molar refractivity (Wildman–Crippen MR) is 72.0 cm³/mol. The third kappa shape index (κ3) is 5.82. The Morgan fingerprint density at radius 3 is 2.41 bits per heavy atom. The van der Waals surface area contributed by atoms with Crippen LogP contribution in [0.1, 0.15) is 18.1 Å². The highest BCUT2D eigenvalue weighted by Gasteiger charge is 2.00. The van der Waals surface area contributed by atoms with Crippen molar-refractivity contribution in [2.24, 2.45) is 0 Å². The van der Waals surface area contributed by atoms with Crippen molar-refractivity contribution in [1.29, 1.82) is 0 Å². The minimum Gasteiger partial charge on any atom is -0.380 e. The van der Waals surface area contributed by atoms with Gasteiger partial charge in [-0.05, 0) is 32.1 Å². The number of hydrogen-bond acceptors (Lipinski definition) is 3. The molecule has 3 heteroatoms. The standard InChI is InChI=1S/C14H24N2O/c1-4-17-10-9-16(3)12-14-7-5-13(6-8-14)11-15-2/h5-8,15H,4,9-12H2,1-3H3. The number of ether oxygens (including phenoxy) is 1. The fourth-order valence-corrected chi connectivity index (χ4v) is 1.72. The number of likely N-dealkylation sites (N-methyl/N-ethyl adjacent to an activating group) is 1. The molecule has 3 nitrogen and oxygen atoms in total. The van der Waals surface area contributed by atoms with Crippen molar-refractivity contribution in [3.8, 4) is 0 Å². The summed E-state index contributed by atoms with van der Waals surface area (Å²) in [4.78, 5) is 2.28. The Kier molecular flexibility index (Phi) is 6.86. The normalized spacial score (nSPS) is 11.1. The first-order valence-electron chi connectivity index (χ1n) is 6.25. The Hall–Kier alpha value is -0.900. The molecule has 0 aliphatic rings. The first-order chi connectivity index (χ1) is 8.26. The average Bonchev–Trinajstić information content (AvgIpc) is 2.32. The second-order valence-electron chi connectivity index (χ2n) is 4.28. The molecule has 1 rings (SSSR count). The topological polar surface area (TPSA) is 24.5 Å². The highest BCUT2D eigenvalue weighted by Crippen LogP contribution is 2.06. The van der Waals surface area contributed by atoms with Crippen molar-refractivity contribution in [2.75, 3.05) is 33.9 Å². The van der Waals surface area contributed by atoms with Gasteiger partial charge in [0.25, 0.3) is 0 Å². The summed E-state index contributed by atoms with van der Waals surface area (Å²) < 4.78 is 5.34. The van der Waals surface area contributed by atoms with E-state index in [-0.39, 0.29) is 0 Å². The summed E-state index contributed by atoms with van der Waals surface area (Å²) in [5, 5.41) is 3.15. The highest BCUT2D eigenvalue weighted by atomic mass is 16.5. The van der Waals surface area contributed by atoms with Gasteiger partial charge in [-0.2, -0.15) is 0 Å². The molecule has 0 aromatic heterocycles. The van der Waals surface area contributed by atoms with E-state index in [2.05, 4.69) is 41.5 Å². The molecule has 0 heterocycles. The van der Waals surface area contributed by atoms with Crippen LogP contribution in [0.3, 0.4) is 0 Å². The fourth-order valence-electron chi connectivity index (χ4n) is 1.72. The lowest BCUT2D eigenvalue weighted by Crippen LogP contribution is -2.22. The largest absolute Gasteiger partial charge is 0.380 e. The third-order valence-corrected chi connectivity index (χ3v) is 2.68. The van der Waals surface area contributed by atoms with Crippen LogP contribution in [0.4, 0.5) is 0 Å². The van der Waals surface area contributed by atoms with Crippen molar-refractivity contribution < 1.29 is 4.74 Å². The van der Waals surface area contributed by atoms with E-state index in [0.29, 0.717) is 0 Å². The highest BCUT2D eigenvalue weighted by molar-refractivity contribution is 5.22. The average molecular weight is 236 g/mol. The van der Waals surface area contributed by atoms with Crippen LogP contribution in [0.15, 0.2) is 24.3 Å². The summed E-state index contributed by atoms with van der Waals surface area (Å²) in [6.07, 6.45) is 0. The Balaban J connectivity index is 2.34. The van der Waals surface area contributed by atoms with Gasteiger partial charge < -0.3 is 10.1 Å². The second-order valence-corrected chi connectivity index (χ2v) is 4.28. The van der Waals surface area contributed by atoms with Gasteiger partial charge in [0.05, 0.1) is 6.61 Å². The van der Waals surface area contributed by atoms with Crippen LogP contribution in [0.25, 0.3) is 0 Å². The minimum absolute atomic E-state index is 0.798. The summed E-state index contributed by atoms with van der Waals surface area (Å²) in [6.45, 7) is 6.53. The maximum Gasteiger partial charge on any atom is 0.0593 e. The number of rotatable bonds is 8. The van der Waals surface area contributed by atoms with Gasteiger partial charge in [0, 0.05) is 26.2 Å². The van der Waals surface area contributed by atoms with E-state index in [1.807, 2.05) is 14.0 Å². The molecule has 0 fully saturated rings. The predicted octanol–water partition coefficient (Wildman–Crippen LogP) is 1.87. The third-order valence-electron chi connectivity index (χ3n) is 2.68. The number of nitrogens with zero attached hydrogens (tertiary/aromatic N) is 1. The Bertz CT molecular complexity index is 298. The smallest absolute Gasteiger partial charge is 0.0593 e. The zero-order chi connectivity index (χ0) is 12.5. The number of hydrogen-bond donors (Lipinski definition) is 1. The van der Waals surface area contributed by atoms with Crippen molar-refractivity contribution in [3.05, 3.63) is 35.4 Å². The van der Waals surface area contributed by atoms with Crippen LogP contribution in [0.2, 0.25) is 0 Å². The molecule has 0 spiro atoms. The van der Waals surface area contributed by atoms with E-state index in [1.165, 1.54) is 11.1 Å². The van der Waals surface area contributed by atoms with Crippen molar-refractivity contribution in [2.45, 2.75) is 20.0 Å². The number of benzene rings is 1. The van der Waals surface area contributed by atoms with Crippen molar-refractivity contribution >= 4 is 0 Å². The van der Waals surface area contributed by atoms with Crippen LogP contribution in [-0.4, -0.2) is 38.8 Å². The fraction of sp³-hybridized carbons (Fsp3) is 0.571. The zero-order valence-electron chi connectivity index (χ0n) is 11.2. The second kappa shape index (κ2) is 8.23. The molecular formula is C14H24N2O. The van der Waals surface area contributed by atoms with Gasteiger partial charge in [-0.3, -0.25) is 4.90 Å². The summed E-state index contributed by atoms with van der Waals surface area (Å²) in [5.74, 6) is 0. The van der Waals surface area contributed by atoms with E-state index >= 15 is 0 Å². The molecule has 1 aromatic carbocycles. The molecule has 0 unspecified atom stereocenters. The van der Waals surface area contributed by atoms with Crippen LogP contribution < -0.4 is 5.32 Å². The van der Waals surface area contributed by atoms with E-state index in [1.54, 1.807) is 0 Å². The Labute approximate surface area is 105 Å². The first kappa shape index (κ1) is 14.2. The molecular weight excluding hydrogens is 212 g/mol. The van der Waals surface area contributed by atoms with Gasteiger partial charge in [0.1, 0.15) is 0 Å². The molecule has 0 aliphatic carbocycles. The van der Waals surface area contributed by atoms with Crippen molar-refractivity contribution in [3.63, 3.8) is 0 Å². The first-order valence-corrected chi connectivity index (χ1v) is 6.25. The summed E-state index contributed by atoms with van der Waals surface area (Å²) in [5.41, 5.74) is 2.68. The SMILES string of the molecule is CCOCCN(C)Cc1ccc(CNC)cc1. The molecule has 0 atom stereocenters. The molecule has 1 N–H and O–H groups in total. The van der Waals surface area contributed by atoms with Crippen LogP contribution in [-0.2, 0) is 17.8 Å². The maximum atomic E-state index is 5.34. The van der Waals surface area contributed by atoms with E-state index in [0.717, 1.165) is 32.8 Å². The van der Waals surface area contributed by atoms with Gasteiger partial charge in [0.2, 0.25) is 0 Å². The van der Waals surface area contributed by atoms with Gasteiger partial charge >= 0.3 is 0 Å². The van der Waals surface area contributed by atoms with E-state index < -0.39 is 0 Å². The van der Waals surface area contributed by atoms with Crippen LogP contribution in [0, 0.1) is 0 Å². The lowest BCUT2D eigenvalue weighted by molar-refractivity contribution is 0.120. The minimum atomic E-state index is 0.798. The quantitative estimate of drug-likeness (QED) is 0.697. The molecule has 0 amide bonds. The maximum absolute atomic E-state index is 5.34. The summed E-state index contributed by atoms with van der Waals surface area (Å²) >= 11 is 0. The van der Waals surface area contributed by atoms with Gasteiger partial charge in [-0.15, -0.1) is 0 Å². The molecule has 17 heavy (non-hydrogen) atoms. The molecule has 0 radical (unpaired) electrons. The Morgan fingerprint density at radius 2 is 1.82 bits per heavy atom. The Morgan fingerprint density at radius 1 is 1.18 bits per heavy atom. The number of nitrogens with one attached hydrogen (secondary N) is 1. The molecule has 0 saturated heterocycles. The van der Waals surface area contributed by atoms with Crippen LogP contribution in [0.5, 0.6) is 0 Å². The van der Waals surface area contributed by atoms with E-state index in [4.69, 9.17) is 4.74 Å². The lowest BCUT2D eigenvalue weighted by Gasteiger charge is -2.16. The molecule has 96 valence electrons. The molecule has 0 aliphatic heterocycles. The van der Waals surface area contributed by atoms with Crippen molar-refractivity contribution in [1.82, 2.24) is 10.2 Å². The molecule has 1 aromatic rings. The molecule has 0 saturated carbocycles. The van der Waals surface area contributed by atoms with Crippen LogP contribution >= 0.6 is 0 Å². The van der Waals surface area contributed by atoms with Gasteiger partial charge in [-0.25, -0.2) is 0 Å². The van der Waals surface area contributed by atoms with E-state index in [9.17, 15) is 0 Å². The van der Waals surface area contributed by atoms with Gasteiger partial charge in [0.15, 0.2) is 0 Å². The summed E-state index contributed by atoms with van der Waals surface area (Å²) in [6, 6.07) is 8.76.